The van der Waals surface area contributed by atoms with Crippen molar-refractivity contribution in [2.45, 2.75) is 23.0 Å². The van der Waals surface area contributed by atoms with E-state index in [0.29, 0.717) is 11.6 Å². The van der Waals surface area contributed by atoms with Gasteiger partial charge in [0.25, 0.3) is 5.91 Å². The van der Waals surface area contributed by atoms with Crippen molar-refractivity contribution < 1.29 is 4.79 Å². The van der Waals surface area contributed by atoms with Gasteiger partial charge in [-0.05, 0) is 18.1 Å². The molecular weight excluding hydrogens is 354 g/mol. The fourth-order valence-corrected chi connectivity index (χ4v) is 5.31. The lowest BCUT2D eigenvalue weighted by Gasteiger charge is -2.19. The smallest absolute Gasteiger partial charge is 0.274 e. The maximum Gasteiger partial charge on any atom is 0.274 e. The lowest BCUT2D eigenvalue weighted by atomic mass is 9.99. The van der Waals surface area contributed by atoms with Crippen LogP contribution in [0.25, 0.3) is 11.3 Å². The van der Waals surface area contributed by atoms with Crippen LogP contribution in [0.3, 0.4) is 0 Å². The summed E-state index contributed by atoms with van der Waals surface area (Å²) >= 11 is 1.79. The summed E-state index contributed by atoms with van der Waals surface area (Å²) in [5.74, 6) is 1.30. The Morgan fingerprint density at radius 3 is 2.74 bits per heavy atom. The average molecular weight is 375 g/mol. The predicted octanol–water partition coefficient (Wildman–Crippen LogP) is 4.32. The summed E-state index contributed by atoms with van der Waals surface area (Å²) in [5.41, 5.74) is 5.30. The molecule has 3 aromatic rings. The van der Waals surface area contributed by atoms with Gasteiger partial charge >= 0.3 is 0 Å². The summed E-state index contributed by atoms with van der Waals surface area (Å²) in [6, 6.07) is 18.9. The maximum absolute atomic E-state index is 13.3. The zero-order valence-electron chi connectivity index (χ0n) is 15.3. The molecule has 27 heavy (non-hydrogen) atoms. The van der Waals surface area contributed by atoms with E-state index in [4.69, 9.17) is 0 Å². The highest BCUT2D eigenvalue weighted by Crippen LogP contribution is 2.42. The second-order valence-electron chi connectivity index (χ2n) is 7.23. The van der Waals surface area contributed by atoms with Crippen LogP contribution in [0.1, 0.15) is 34.0 Å². The number of rotatable bonds is 2. The molecule has 4 nitrogen and oxygen atoms in total. The van der Waals surface area contributed by atoms with Crippen LogP contribution >= 0.6 is 11.8 Å². The Morgan fingerprint density at radius 2 is 1.89 bits per heavy atom. The van der Waals surface area contributed by atoms with Crippen LogP contribution in [-0.4, -0.2) is 33.7 Å². The first-order valence-electron chi connectivity index (χ1n) is 9.34. The van der Waals surface area contributed by atoms with Crippen molar-refractivity contribution in [3.8, 4) is 11.3 Å². The summed E-state index contributed by atoms with van der Waals surface area (Å²) in [6.07, 6.45) is 1.02. The van der Waals surface area contributed by atoms with E-state index in [1.165, 1.54) is 16.0 Å². The molecule has 1 atom stereocenters. The number of nitrogens with zero attached hydrogens (tertiary/aromatic N) is 3. The monoisotopic (exact) mass is 375 g/mol. The Balaban J connectivity index is 1.45. The Morgan fingerprint density at radius 1 is 1.11 bits per heavy atom. The van der Waals surface area contributed by atoms with Gasteiger partial charge in [-0.15, -0.1) is 11.8 Å². The summed E-state index contributed by atoms with van der Waals surface area (Å²) in [7, 11) is 1.94. The number of fused-ring (bicyclic) bond motifs is 3. The highest BCUT2D eigenvalue weighted by atomic mass is 32.2. The Hall–Kier alpha value is -2.53. The minimum absolute atomic E-state index is 0.0743. The van der Waals surface area contributed by atoms with E-state index in [-0.39, 0.29) is 5.91 Å². The highest BCUT2D eigenvalue weighted by Gasteiger charge is 2.33. The molecule has 1 aromatic heterocycles. The Bertz CT molecular complexity index is 1010. The standard InChI is InChI=1S/C22H21N3OS/c1-24-21-17-9-5-6-10-19(17)27-14-18(21)20(23-24)22(26)25-12-11-16(13-25)15-7-3-2-4-8-15/h2-10,16H,11-14H2,1H3/t16-/m1/s1. The molecule has 0 spiro atoms. The molecule has 0 aliphatic carbocycles. The first kappa shape index (κ1) is 16.6. The Labute approximate surface area is 163 Å². The molecule has 2 aromatic carbocycles. The highest BCUT2D eigenvalue weighted by molar-refractivity contribution is 7.98. The SMILES string of the molecule is Cn1nc(C(=O)N2CC[C@@H](c3ccccc3)C2)c2c1-c1ccccc1SC2. The van der Waals surface area contributed by atoms with Crippen LogP contribution in [0.4, 0.5) is 0 Å². The van der Waals surface area contributed by atoms with Gasteiger partial charge in [-0.25, -0.2) is 0 Å². The maximum atomic E-state index is 13.3. The van der Waals surface area contributed by atoms with Crippen molar-refractivity contribution in [3.05, 3.63) is 71.4 Å². The molecule has 0 unspecified atom stereocenters. The number of aryl methyl sites for hydroxylation is 1. The lowest BCUT2D eigenvalue weighted by Crippen LogP contribution is -2.29. The van der Waals surface area contributed by atoms with E-state index >= 15 is 0 Å². The molecule has 5 rings (SSSR count). The van der Waals surface area contributed by atoms with Crippen LogP contribution < -0.4 is 0 Å². The van der Waals surface area contributed by atoms with Crippen molar-refractivity contribution in [3.63, 3.8) is 0 Å². The summed E-state index contributed by atoms with van der Waals surface area (Å²) < 4.78 is 1.88. The number of likely N-dealkylation sites (tertiary alicyclic amines) is 1. The van der Waals surface area contributed by atoms with Gasteiger partial charge in [0.2, 0.25) is 0 Å². The third-order valence-electron chi connectivity index (χ3n) is 5.61. The molecule has 2 aliphatic heterocycles. The molecule has 1 fully saturated rings. The molecule has 5 heteroatoms. The molecule has 136 valence electrons. The second-order valence-corrected chi connectivity index (χ2v) is 8.25. The van der Waals surface area contributed by atoms with Crippen molar-refractivity contribution in [2.24, 2.45) is 7.05 Å². The number of thioether (sulfide) groups is 1. The quantitative estimate of drug-likeness (QED) is 0.669. The van der Waals surface area contributed by atoms with E-state index in [0.717, 1.165) is 36.5 Å². The fourth-order valence-electron chi connectivity index (χ4n) is 4.24. The van der Waals surface area contributed by atoms with Gasteiger partial charge in [-0.1, -0.05) is 48.5 Å². The molecular formula is C22H21N3OS. The number of aromatic nitrogens is 2. The minimum atomic E-state index is 0.0743. The molecule has 0 saturated carbocycles. The number of carbonyl (C=O) groups is 1. The second kappa shape index (κ2) is 6.57. The van der Waals surface area contributed by atoms with Gasteiger partial charge in [0.15, 0.2) is 5.69 Å². The molecule has 0 N–H and O–H groups in total. The number of amides is 1. The number of hydrogen-bond donors (Lipinski definition) is 0. The third-order valence-corrected chi connectivity index (χ3v) is 6.71. The first-order chi connectivity index (χ1) is 13.2. The van der Waals surface area contributed by atoms with Gasteiger partial charge in [-0.2, -0.15) is 5.10 Å². The summed E-state index contributed by atoms with van der Waals surface area (Å²) in [4.78, 5) is 16.5. The van der Waals surface area contributed by atoms with Crippen LogP contribution in [0.2, 0.25) is 0 Å². The molecule has 2 aliphatic rings. The molecule has 0 radical (unpaired) electrons. The molecule has 1 saturated heterocycles. The first-order valence-corrected chi connectivity index (χ1v) is 10.3. The number of benzene rings is 2. The average Bonchev–Trinajstić information content (AvgIpc) is 3.33. The normalized spacial score (nSPS) is 18.3. The van der Waals surface area contributed by atoms with E-state index in [9.17, 15) is 4.79 Å². The van der Waals surface area contributed by atoms with Crippen molar-refractivity contribution >= 4 is 17.7 Å². The largest absolute Gasteiger partial charge is 0.337 e. The van der Waals surface area contributed by atoms with Gasteiger partial charge in [0, 0.05) is 47.8 Å². The summed E-state index contributed by atoms with van der Waals surface area (Å²) in [5, 5.41) is 4.65. The van der Waals surface area contributed by atoms with Crippen LogP contribution in [0.15, 0.2) is 59.5 Å². The van der Waals surface area contributed by atoms with E-state index in [1.54, 1.807) is 11.8 Å². The Kier molecular flexibility index (Phi) is 4.05. The van der Waals surface area contributed by atoms with Crippen molar-refractivity contribution in [1.29, 1.82) is 0 Å². The van der Waals surface area contributed by atoms with Gasteiger partial charge in [-0.3, -0.25) is 9.48 Å². The molecule has 1 amide bonds. The molecule has 3 heterocycles. The zero-order valence-corrected chi connectivity index (χ0v) is 16.1. The van der Waals surface area contributed by atoms with Crippen molar-refractivity contribution in [1.82, 2.24) is 14.7 Å². The fraction of sp³-hybridized carbons (Fsp3) is 0.273. The minimum Gasteiger partial charge on any atom is -0.337 e. The van der Waals surface area contributed by atoms with Crippen LogP contribution in [0.5, 0.6) is 0 Å². The zero-order chi connectivity index (χ0) is 18.4. The van der Waals surface area contributed by atoms with Crippen LogP contribution in [-0.2, 0) is 12.8 Å². The van der Waals surface area contributed by atoms with Gasteiger partial charge in [0.05, 0.1) is 5.69 Å². The van der Waals surface area contributed by atoms with Gasteiger partial charge < -0.3 is 4.90 Å². The summed E-state index contributed by atoms with van der Waals surface area (Å²) in [6.45, 7) is 1.57. The van der Waals surface area contributed by atoms with E-state index in [2.05, 4.69) is 47.6 Å². The molecule has 0 bridgehead atoms. The number of carbonyl (C=O) groups excluding carboxylic acids is 1. The van der Waals surface area contributed by atoms with Gasteiger partial charge in [0.1, 0.15) is 0 Å². The lowest BCUT2D eigenvalue weighted by molar-refractivity contribution is 0.0783. The van der Waals surface area contributed by atoms with Crippen molar-refractivity contribution in [2.75, 3.05) is 13.1 Å². The topological polar surface area (TPSA) is 38.1 Å². The predicted molar refractivity (Wildman–Crippen MR) is 108 cm³/mol. The third kappa shape index (κ3) is 2.77. The van der Waals surface area contributed by atoms with Crippen LogP contribution in [0, 0.1) is 0 Å². The number of hydrogen-bond acceptors (Lipinski definition) is 3. The van der Waals surface area contributed by atoms with E-state index < -0.39 is 0 Å². The van der Waals surface area contributed by atoms with E-state index in [1.807, 2.05) is 28.8 Å².